The molecule has 0 aromatic heterocycles. The summed E-state index contributed by atoms with van der Waals surface area (Å²) in [6.07, 6.45) is 8.64. The summed E-state index contributed by atoms with van der Waals surface area (Å²) in [5, 5.41) is 17.2. The summed E-state index contributed by atoms with van der Waals surface area (Å²) in [5.74, 6) is -0.531. The molecule has 19 heavy (non-hydrogen) atoms. The summed E-state index contributed by atoms with van der Waals surface area (Å²) in [7, 11) is 0. The number of hydrogen-bond donors (Lipinski definition) is 3. The first-order valence-corrected chi connectivity index (χ1v) is 7.44. The van der Waals surface area contributed by atoms with Crippen LogP contribution in [0.2, 0.25) is 0 Å². The first-order valence-electron chi connectivity index (χ1n) is 7.44. The third kappa shape index (κ3) is 19.9. The molecule has 0 rings (SSSR count). The van der Waals surface area contributed by atoms with Gasteiger partial charge in [0.1, 0.15) is 5.72 Å². The Labute approximate surface area is 118 Å². The summed E-state index contributed by atoms with van der Waals surface area (Å²) >= 11 is 0. The van der Waals surface area contributed by atoms with Crippen molar-refractivity contribution in [3.63, 3.8) is 0 Å². The Morgan fingerprint density at radius 3 is 1.79 bits per heavy atom. The van der Waals surface area contributed by atoms with Crippen molar-refractivity contribution >= 4 is 5.97 Å². The van der Waals surface area contributed by atoms with Crippen LogP contribution in [0.5, 0.6) is 0 Å². The lowest BCUT2D eigenvalue weighted by molar-refractivity contribution is -0.137. The van der Waals surface area contributed by atoms with Gasteiger partial charge in [-0.1, -0.05) is 59.3 Å². The SMILES string of the molecule is CC(C)C(C)(N)O.CCCCCCCCCC(=O)O. The van der Waals surface area contributed by atoms with Crippen molar-refractivity contribution in [3.05, 3.63) is 0 Å². The summed E-state index contributed by atoms with van der Waals surface area (Å²) in [4.78, 5) is 10.1. The Hall–Kier alpha value is -0.610. The van der Waals surface area contributed by atoms with Crippen LogP contribution in [0.25, 0.3) is 0 Å². The minimum Gasteiger partial charge on any atom is -0.481 e. The minimum atomic E-state index is -1.00. The maximum atomic E-state index is 10.1. The predicted molar refractivity (Wildman–Crippen MR) is 79.9 cm³/mol. The molecule has 0 aliphatic rings. The van der Waals surface area contributed by atoms with Crippen molar-refractivity contribution in [3.8, 4) is 0 Å². The number of rotatable bonds is 9. The summed E-state index contributed by atoms with van der Waals surface area (Å²) in [5.41, 5.74) is 4.23. The van der Waals surface area contributed by atoms with Crippen LogP contribution in [0.15, 0.2) is 0 Å². The van der Waals surface area contributed by atoms with Gasteiger partial charge in [0, 0.05) is 6.42 Å². The Morgan fingerprint density at radius 2 is 1.47 bits per heavy atom. The van der Waals surface area contributed by atoms with Crippen LogP contribution in [0.3, 0.4) is 0 Å². The lowest BCUT2D eigenvalue weighted by Crippen LogP contribution is -2.41. The molecule has 0 bridgehead atoms. The van der Waals surface area contributed by atoms with Crippen LogP contribution in [0.4, 0.5) is 0 Å². The van der Waals surface area contributed by atoms with Gasteiger partial charge in [-0.15, -0.1) is 0 Å². The molecule has 0 heterocycles. The highest BCUT2D eigenvalue weighted by atomic mass is 16.4. The van der Waals surface area contributed by atoms with E-state index in [0.717, 1.165) is 12.8 Å². The van der Waals surface area contributed by atoms with E-state index in [9.17, 15) is 4.79 Å². The number of unbranched alkanes of at least 4 members (excludes halogenated alkanes) is 6. The molecule has 0 aliphatic carbocycles. The molecule has 0 amide bonds. The van der Waals surface area contributed by atoms with Gasteiger partial charge in [-0.05, 0) is 19.3 Å². The molecule has 4 N–H and O–H groups in total. The van der Waals surface area contributed by atoms with Crippen molar-refractivity contribution in [2.24, 2.45) is 11.7 Å². The molecule has 0 radical (unpaired) electrons. The van der Waals surface area contributed by atoms with Crippen molar-refractivity contribution in [2.75, 3.05) is 0 Å². The molecule has 1 unspecified atom stereocenters. The molecule has 1 atom stereocenters. The molecule has 0 aliphatic heterocycles. The zero-order valence-corrected chi connectivity index (χ0v) is 13.1. The van der Waals surface area contributed by atoms with Gasteiger partial charge in [-0.2, -0.15) is 0 Å². The zero-order valence-electron chi connectivity index (χ0n) is 13.1. The zero-order chi connectivity index (χ0) is 15.3. The van der Waals surface area contributed by atoms with Gasteiger partial charge in [0.05, 0.1) is 0 Å². The Kier molecular flexibility index (Phi) is 13.5. The van der Waals surface area contributed by atoms with Gasteiger partial charge in [0.25, 0.3) is 0 Å². The van der Waals surface area contributed by atoms with Crippen molar-refractivity contribution in [2.45, 2.75) is 84.8 Å². The van der Waals surface area contributed by atoms with Gasteiger partial charge in [0.2, 0.25) is 0 Å². The van der Waals surface area contributed by atoms with E-state index in [0.29, 0.717) is 6.42 Å². The van der Waals surface area contributed by atoms with Crippen LogP contribution in [-0.2, 0) is 4.79 Å². The number of aliphatic carboxylic acids is 1. The van der Waals surface area contributed by atoms with Crippen LogP contribution in [0.1, 0.15) is 79.1 Å². The fraction of sp³-hybridized carbons (Fsp3) is 0.933. The van der Waals surface area contributed by atoms with Crippen LogP contribution < -0.4 is 5.73 Å². The highest BCUT2D eigenvalue weighted by Crippen LogP contribution is 2.08. The molecule has 0 aromatic carbocycles. The molecule has 0 fully saturated rings. The van der Waals surface area contributed by atoms with Crippen molar-refractivity contribution in [1.82, 2.24) is 0 Å². The van der Waals surface area contributed by atoms with E-state index < -0.39 is 11.7 Å². The molecular weight excluding hydrogens is 242 g/mol. The average Bonchev–Trinajstić information content (AvgIpc) is 2.27. The number of hydrogen-bond acceptors (Lipinski definition) is 3. The Morgan fingerprint density at radius 1 is 1.11 bits per heavy atom. The van der Waals surface area contributed by atoms with Gasteiger partial charge in [-0.3, -0.25) is 4.79 Å². The summed E-state index contributed by atoms with van der Waals surface area (Å²) in [6, 6.07) is 0. The summed E-state index contributed by atoms with van der Waals surface area (Å²) in [6.45, 7) is 7.54. The molecule has 116 valence electrons. The van der Waals surface area contributed by atoms with E-state index in [4.69, 9.17) is 15.9 Å². The normalized spacial score (nSPS) is 13.6. The van der Waals surface area contributed by atoms with Gasteiger partial charge >= 0.3 is 5.97 Å². The van der Waals surface area contributed by atoms with Crippen LogP contribution in [0, 0.1) is 5.92 Å². The van der Waals surface area contributed by atoms with E-state index in [1.54, 1.807) is 6.92 Å². The molecule has 0 saturated carbocycles. The Balaban J connectivity index is 0. The van der Waals surface area contributed by atoms with Gasteiger partial charge < -0.3 is 15.9 Å². The lowest BCUT2D eigenvalue weighted by atomic mass is 10.0. The second-order valence-corrected chi connectivity index (χ2v) is 5.65. The molecule has 4 nitrogen and oxygen atoms in total. The van der Waals surface area contributed by atoms with Crippen LogP contribution >= 0.6 is 0 Å². The maximum Gasteiger partial charge on any atom is 0.303 e. The predicted octanol–water partition coefficient (Wildman–Crippen LogP) is 3.52. The second-order valence-electron chi connectivity index (χ2n) is 5.65. The highest BCUT2D eigenvalue weighted by molar-refractivity contribution is 5.66. The van der Waals surface area contributed by atoms with E-state index in [1.807, 2.05) is 13.8 Å². The smallest absolute Gasteiger partial charge is 0.303 e. The molecule has 0 aromatic rings. The molecular formula is C15H33NO3. The fourth-order valence-corrected chi connectivity index (χ4v) is 1.23. The number of carboxylic acid groups (broad SMARTS) is 1. The summed E-state index contributed by atoms with van der Waals surface area (Å²) < 4.78 is 0. The first kappa shape index (κ1) is 20.7. The highest BCUT2D eigenvalue weighted by Gasteiger charge is 2.16. The van der Waals surface area contributed by atoms with Crippen molar-refractivity contribution < 1.29 is 15.0 Å². The number of carboxylic acids is 1. The average molecular weight is 275 g/mol. The maximum absolute atomic E-state index is 10.1. The molecule has 0 spiro atoms. The van der Waals surface area contributed by atoms with Crippen LogP contribution in [-0.4, -0.2) is 21.9 Å². The third-order valence-corrected chi connectivity index (χ3v) is 3.16. The Bertz CT molecular complexity index is 210. The first-order chi connectivity index (χ1) is 8.71. The number of nitrogens with two attached hydrogens (primary N) is 1. The van der Waals surface area contributed by atoms with E-state index in [-0.39, 0.29) is 5.92 Å². The topological polar surface area (TPSA) is 83.5 Å². The van der Waals surface area contributed by atoms with E-state index in [2.05, 4.69) is 6.92 Å². The largest absolute Gasteiger partial charge is 0.481 e. The monoisotopic (exact) mass is 275 g/mol. The van der Waals surface area contributed by atoms with Crippen molar-refractivity contribution in [1.29, 1.82) is 0 Å². The molecule has 4 heteroatoms. The standard InChI is InChI=1S/C10H20O2.C5H13NO/c1-2-3-4-5-6-7-8-9-10(11)12;1-4(2)5(3,6)7/h2-9H2,1H3,(H,11,12);4,7H,6H2,1-3H3. The van der Waals surface area contributed by atoms with Gasteiger partial charge in [0.15, 0.2) is 0 Å². The minimum absolute atomic E-state index is 0.132. The van der Waals surface area contributed by atoms with E-state index >= 15 is 0 Å². The van der Waals surface area contributed by atoms with Gasteiger partial charge in [-0.25, -0.2) is 0 Å². The third-order valence-electron chi connectivity index (χ3n) is 3.16. The number of carbonyl (C=O) groups is 1. The number of aliphatic hydroxyl groups is 1. The fourth-order valence-electron chi connectivity index (χ4n) is 1.23. The molecule has 0 saturated heterocycles. The second kappa shape index (κ2) is 12.4. The van der Waals surface area contributed by atoms with E-state index in [1.165, 1.54) is 32.1 Å². The quantitative estimate of drug-likeness (QED) is 0.444. The lowest BCUT2D eigenvalue weighted by Gasteiger charge is -2.20.